The van der Waals surface area contributed by atoms with Gasteiger partial charge in [-0.2, -0.15) is 0 Å². The lowest BCUT2D eigenvalue weighted by Crippen LogP contribution is -2.30. The average molecular weight is 1050 g/mol. The molecule has 0 heterocycles. The quantitative estimate of drug-likeness (QED) is 0.0261. The van der Waals surface area contributed by atoms with E-state index in [4.69, 9.17) is 14.2 Å². The Morgan fingerprint density at radius 3 is 0.800 bits per heavy atom. The van der Waals surface area contributed by atoms with Crippen LogP contribution in [0.15, 0.2) is 36.5 Å². The van der Waals surface area contributed by atoms with Gasteiger partial charge < -0.3 is 14.2 Å². The predicted octanol–water partition coefficient (Wildman–Crippen LogP) is 22.8. The van der Waals surface area contributed by atoms with Crippen LogP contribution in [0.1, 0.15) is 367 Å². The van der Waals surface area contributed by atoms with Crippen LogP contribution >= 0.6 is 0 Å². The van der Waals surface area contributed by atoms with Gasteiger partial charge in [0.1, 0.15) is 13.2 Å². The molecule has 0 aliphatic heterocycles. The summed E-state index contributed by atoms with van der Waals surface area (Å²) in [5.74, 6) is -0.863. The lowest BCUT2D eigenvalue weighted by Gasteiger charge is -2.18. The van der Waals surface area contributed by atoms with Crippen LogP contribution in [0.2, 0.25) is 0 Å². The molecule has 1 unspecified atom stereocenters. The fourth-order valence-corrected chi connectivity index (χ4v) is 10.1. The number of carbonyl (C=O) groups excluding carboxylic acids is 3. The van der Waals surface area contributed by atoms with Crippen molar-refractivity contribution in [3.05, 3.63) is 36.5 Å². The van der Waals surface area contributed by atoms with E-state index in [-0.39, 0.29) is 31.1 Å². The van der Waals surface area contributed by atoms with Crippen LogP contribution in [0, 0.1) is 0 Å². The van der Waals surface area contributed by atoms with Gasteiger partial charge in [0.2, 0.25) is 0 Å². The summed E-state index contributed by atoms with van der Waals surface area (Å²) in [6, 6.07) is 0. The SMILES string of the molecule is CCC/C=C\C/C=C\CCCCCCCC(=O)OCC(COC(=O)CCCCCCCCCCCCC/C=C\CCCCCCCCCC)OC(=O)CCCCCCCCCCCCCCCCCCCCCCC. The number of rotatable bonds is 62. The highest BCUT2D eigenvalue weighted by Gasteiger charge is 2.19. The predicted molar refractivity (Wildman–Crippen MR) is 326 cm³/mol. The molecule has 0 N–H and O–H groups in total. The molecule has 0 aromatic rings. The molecular formula is C69H128O6. The molecule has 0 rings (SSSR count). The van der Waals surface area contributed by atoms with E-state index in [2.05, 4.69) is 57.2 Å². The first-order valence-electron chi connectivity index (χ1n) is 33.5. The summed E-state index contributed by atoms with van der Waals surface area (Å²) in [6.07, 6.45) is 78.8. The van der Waals surface area contributed by atoms with Crippen molar-refractivity contribution in [1.82, 2.24) is 0 Å². The summed E-state index contributed by atoms with van der Waals surface area (Å²) >= 11 is 0. The zero-order valence-electron chi connectivity index (χ0n) is 50.6. The van der Waals surface area contributed by atoms with E-state index in [0.717, 1.165) is 83.5 Å². The van der Waals surface area contributed by atoms with Gasteiger partial charge in [-0.05, 0) is 70.6 Å². The molecule has 6 nitrogen and oxygen atoms in total. The van der Waals surface area contributed by atoms with Gasteiger partial charge in [0, 0.05) is 19.3 Å². The first-order chi connectivity index (χ1) is 37.0. The van der Waals surface area contributed by atoms with Crippen LogP contribution in [0.4, 0.5) is 0 Å². The Labute approximate surface area is 467 Å². The molecule has 0 saturated heterocycles. The second-order valence-electron chi connectivity index (χ2n) is 22.7. The van der Waals surface area contributed by atoms with Crippen LogP contribution in [-0.2, 0) is 28.6 Å². The van der Waals surface area contributed by atoms with Crippen molar-refractivity contribution in [2.24, 2.45) is 0 Å². The van der Waals surface area contributed by atoms with Gasteiger partial charge >= 0.3 is 17.9 Å². The van der Waals surface area contributed by atoms with Crippen LogP contribution in [0.5, 0.6) is 0 Å². The fourth-order valence-electron chi connectivity index (χ4n) is 10.1. The maximum absolute atomic E-state index is 12.9. The normalized spacial score (nSPS) is 12.2. The van der Waals surface area contributed by atoms with E-state index >= 15 is 0 Å². The van der Waals surface area contributed by atoms with Gasteiger partial charge in [-0.25, -0.2) is 0 Å². The third-order valence-electron chi connectivity index (χ3n) is 15.1. The molecule has 0 aromatic carbocycles. The first kappa shape index (κ1) is 72.6. The largest absolute Gasteiger partial charge is 0.462 e. The number of ether oxygens (including phenoxy) is 3. The Morgan fingerprint density at radius 2 is 0.507 bits per heavy atom. The van der Waals surface area contributed by atoms with Gasteiger partial charge in [0.05, 0.1) is 0 Å². The number of hydrogen-bond donors (Lipinski definition) is 0. The van der Waals surface area contributed by atoms with Crippen molar-refractivity contribution in [2.45, 2.75) is 374 Å². The Kier molecular flexibility index (Phi) is 62.1. The zero-order chi connectivity index (χ0) is 54.3. The summed E-state index contributed by atoms with van der Waals surface area (Å²) in [5.41, 5.74) is 0. The highest BCUT2D eigenvalue weighted by molar-refractivity contribution is 5.71. The standard InChI is InChI=1S/C69H128O6/c1-4-7-10-13-16-19-22-25-27-29-31-33-34-36-37-39-41-44-47-50-53-56-59-62-68(71)74-65-66(64-73-67(70)61-58-55-52-49-46-43-24-21-18-15-12-9-6-3)75-69(72)63-60-57-54-51-48-45-42-40-38-35-32-30-28-26-23-20-17-14-11-8-5-2/h12,15,21,24,29,31,66H,4-11,13-14,16-20,22-23,25-28,30,32-65H2,1-3H3/b15-12-,24-21-,31-29-. The Morgan fingerprint density at radius 1 is 0.267 bits per heavy atom. The zero-order valence-corrected chi connectivity index (χ0v) is 50.6. The minimum absolute atomic E-state index is 0.0727. The van der Waals surface area contributed by atoms with Crippen LogP contribution in [-0.4, -0.2) is 37.2 Å². The van der Waals surface area contributed by atoms with Crippen LogP contribution < -0.4 is 0 Å². The van der Waals surface area contributed by atoms with E-state index in [0.29, 0.717) is 19.3 Å². The van der Waals surface area contributed by atoms with Crippen molar-refractivity contribution < 1.29 is 28.6 Å². The molecule has 0 spiro atoms. The van der Waals surface area contributed by atoms with E-state index in [1.54, 1.807) is 0 Å². The van der Waals surface area contributed by atoms with Crippen molar-refractivity contribution in [1.29, 1.82) is 0 Å². The highest BCUT2D eigenvalue weighted by Crippen LogP contribution is 2.18. The van der Waals surface area contributed by atoms with Crippen molar-refractivity contribution in [3.8, 4) is 0 Å². The summed E-state index contributed by atoms with van der Waals surface area (Å²) in [7, 11) is 0. The van der Waals surface area contributed by atoms with E-state index in [9.17, 15) is 14.4 Å². The molecule has 75 heavy (non-hydrogen) atoms. The van der Waals surface area contributed by atoms with Gasteiger partial charge in [-0.1, -0.05) is 314 Å². The van der Waals surface area contributed by atoms with Gasteiger partial charge in [0.25, 0.3) is 0 Å². The number of unbranched alkanes of at least 4 members (excludes halogenated alkanes) is 45. The number of allylic oxidation sites excluding steroid dienone is 6. The molecule has 0 aliphatic carbocycles. The van der Waals surface area contributed by atoms with Gasteiger partial charge in [-0.15, -0.1) is 0 Å². The van der Waals surface area contributed by atoms with Crippen LogP contribution in [0.25, 0.3) is 0 Å². The van der Waals surface area contributed by atoms with Crippen LogP contribution in [0.3, 0.4) is 0 Å². The molecule has 0 amide bonds. The molecule has 0 aliphatic rings. The third kappa shape index (κ3) is 62.4. The minimum Gasteiger partial charge on any atom is -0.462 e. The van der Waals surface area contributed by atoms with Crippen molar-refractivity contribution >= 4 is 17.9 Å². The van der Waals surface area contributed by atoms with Gasteiger partial charge in [-0.3, -0.25) is 14.4 Å². The topological polar surface area (TPSA) is 78.9 Å². The molecule has 0 saturated carbocycles. The highest BCUT2D eigenvalue weighted by atomic mass is 16.6. The Hall–Kier alpha value is -2.37. The molecule has 440 valence electrons. The van der Waals surface area contributed by atoms with Crippen molar-refractivity contribution in [3.63, 3.8) is 0 Å². The van der Waals surface area contributed by atoms with E-state index in [1.807, 2.05) is 0 Å². The second-order valence-corrected chi connectivity index (χ2v) is 22.7. The summed E-state index contributed by atoms with van der Waals surface area (Å²) in [6.45, 7) is 6.63. The summed E-state index contributed by atoms with van der Waals surface area (Å²) in [4.78, 5) is 38.3. The van der Waals surface area contributed by atoms with E-state index in [1.165, 1.54) is 244 Å². The molecule has 0 aromatic heterocycles. The van der Waals surface area contributed by atoms with E-state index < -0.39 is 6.10 Å². The summed E-state index contributed by atoms with van der Waals surface area (Å²) in [5, 5.41) is 0. The minimum atomic E-state index is -0.776. The maximum Gasteiger partial charge on any atom is 0.306 e. The maximum atomic E-state index is 12.9. The molecule has 0 bridgehead atoms. The molecule has 6 heteroatoms. The Bertz CT molecular complexity index is 1250. The molecule has 0 fully saturated rings. The number of hydrogen-bond acceptors (Lipinski definition) is 6. The van der Waals surface area contributed by atoms with Crippen molar-refractivity contribution in [2.75, 3.05) is 13.2 Å². The van der Waals surface area contributed by atoms with Gasteiger partial charge in [0.15, 0.2) is 6.10 Å². The molecular weight excluding hydrogens is 925 g/mol. The smallest absolute Gasteiger partial charge is 0.306 e. The Balaban J connectivity index is 4.26. The number of esters is 3. The molecule has 0 radical (unpaired) electrons. The lowest BCUT2D eigenvalue weighted by molar-refractivity contribution is -0.167. The second kappa shape index (κ2) is 64.2. The summed E-state index contributed by atoms with van der Waals surface area (Å²) < 4.78 is 16.9. The first-order valence-corrected chi connectivity index (χ1v) is 33.5. The molecule has 1 atom stereocenters. The monoisotopic (exact) mass is 1050 g/mol. The lowest BCUT2D eigenvalue weighted by atomic mass is 10.0. The average Bonchev–Trinajstić information content (AvgIpc) is 3.41. The fraction of sp³-hybridized carbons (Fsp3) is 0.870. The number of carbonyl (C=O) groups is 3. The third-order valence-corrected chi connectivity index (χ3v) is 15.1.